The highest BCUT2D eigenvalue weighted by atomic mass is 35.5. The van der Waals surface area contributed by atoms with Crippen LogP contribution in [0.25, 0.3) is 11.4 Å². The van der Waals surface area contributed by atoms with Crippen molar-refractivity contribution in [1.29, 1.82) is 0 Å². The first-order chi connectivity index (χ1) is 15.8. The molecule has 8 nitrogen and oxygen atoms in total. The zero-order valence-corrected chi connectivity index (χ0v) is 19.5. The van der Waals surface area contributed by atoms with Crippen LogP contribution in [0.3, 0.4) is 0 Å². The number of nitrogens with zero attached hydrogens (tertiary/aromatic N) is 5. The van der Waals surface area contributed by atoms with Crippen molar-refractivity contribution in [3.8, 4) is 0 Å². The molecule has 0 aliphatic carbocycles. The SMILES string of the molecule is Cc1nnc(N2C(=O)C(=O)/C(=C(/O)c3nc4c(C)cccn4c3C)C2c2ccc(Cl)cc2)s1. The van der Waals surface area contributed by atoms with Gasteiger partial charge in [0, 0.05) is 11.2 Å². The maximum Gasteiger partial charge on any atom is 0.301 e. The number of anilines is 1. The first-order valence-electron chi connectivity index (χ1n) is 10.1. The molecule has 4 heterocycles. The third-order valence-electron chi connectivity index (χ3n) is 5.66. The van der Waals surface area contributed by atoms with Gasteiger partial charge in [0.25, 0.3) is 5.78 Å². The van der Waals surface area contributed by atoms with E-state index in [1.54, 1.807) is 38.1 Å². The Balaban J connectivity index is 1.77. The highest BCUT2D eigenvalue weighted by Gasteiger charge is 2.48. The fourth-order valence-electron chi connectivity index (χ4n) is 4.05. The number of carbonyl (C=O) groups excluding carboxylic acids is 2. The smallest absolute Gasteiger partial charge is 0.301 e. The van der Waals surface area contributed by atoms with Crippen molar-refractivity contribution in [2.24, 2.45) is 0 Å². The molecule has 0 saturated carbocycles. The Morgan fingerprint density at radius 1 is 1.09 bits per heavy atom. The molecule has 1 amide bonds. The number of aryl methyl sites for hydroxylation is 3. The first-order valence-corrected chi connectivity index (χ1v) is 11.3. The van der Waals surface area contributed by atoms with Gasteiger partial charge in [-0.15, -0.1) is 10.2 Å². The molecule has 4 aromatic rings. The maximum absolute atomic E-state index is 13.2. The van der Waals surface area contributed by atoms with Crippen LogP contribution >= 0.6 is 22.9 Å². The van der Waals surface area contributed by atoms with E-state index in [1.165, 1.54) is 16.2 Å². The molecule has 1 N–H and O–H groups in total. The van der Waals surface area contributed by atoms with E-state index in [4.69, 9.17) is 11.6 Å². The second kappa shape index (κ2) is 7.79. The number of fused-ring (bicyclic) bond motifs is 1. The van der Waals surface area contributed by atoms with Gasteiger partial charge in [0.1, 0.15) is 16.3 Å². The van der Waals surface area contributed by atoms with Crippen LogP contribution in [0.1, 0.15) is 33.6 Å². The lowest BCUT2D eigenvalue weighted by Crippen LogP contribution is -2.29. The minimum absolute atomic E-state index is 0.0562. The molecule has 1 aliphatic heterocycles. The van der Waals surface area contributed by atoms with Gasteiger partial charge in [0.15, 0.2) is 5.76 Å². The van der Waals surface area contributed by atoms with E-state index in [0.29, 0.717) is 26.9 Å². The third kappa shape index (κ3) is 3.32. The van der Waals surface area contributed by atoms with Crippen molar-refractivity contribution in [3.63, 3.8) is 0 Å². The van der Waals surface area contributed by atoms with Gasteiger partial charge < -0.3 is 9.51 Å². The molecule has 1 fully saturated rings. The highest BCUT2D eigenvalue weighted by Crippen LogP contribution is 2.43. The average molecular weight is 480 g/mol. The summed E-state index contributed by atoms with van der Waals surface area (Å²) < 4.78 is 1.84. The number of benzene rings is 1. The zero-order chi connectivity index (χ0) is 23.4. The maximum atomic E-state index is 13.2. The van der Waals surface area contributed by atoms with Crippen molar-refractivity contribution in [2.75, 3.05) is 4.90 Å². The lowest BCUT2D eigenvalue weighted by atomic mass is 9.96. The van der Waals surface area contributed by atoms with Crippen LogP contribution in [-0.2, 0) is 9.59 Å². The molecule has 3 aromatic heterocycles. The normalized spacial score (nSPS) is 17.9. The van der Waals surface area contributed by atoms with E-state index in [-0.39, 0.29) is 22.2 Å². The Bertz CT molecular complexity index is 1470. The lowest BCUT2D eigenvalue weighted by molar-refractivity contribution is -0.132. The lowest BCUT2D eigenvalue weighted by Gasteiger charge is -2.22. The second-order valence-corrected chi connectivity index (χ2v) is 9.35. The Labute approximate surface area is 197 Å². The summed E-state index contributed by atoms with van der Waals surface area (Å²) in [5.41, 5.74) is 3.02. The van der Waals surface area contributed by atoms with E-state index in [1.807, 2.05) is 29.7 Å². The number of imidazole rings is 1. The van der Waals surface area contributed by atoms with E-state index in [9.17, 15) is 14.7 Å². The third-order valence-corrected chi connectivity index (χ3v) is 6.75. The zero-order valence-electron chi connectivity index (χ0n) is 17.9. The van der Waals surface area contributed by atoms with Crippen molar-refractivity contribution in [2.45, 2.75) is 26.8 Å². The van der Waals surface area contributed by atoms with Gasteiger partial charge in [0.05, 0.1) is 17.3 Å². The molecule has 1 atom stereocenters. The summed E-state index contributed by atoms with van der Waals surface area (Å²) in [7, 11) is 0. The van der Waals surface area contributed by atoms with Crippen molar-refractivity contribution in [3.05, 3.63) is 80.7 Å². The van der Waals surface area contributed by atoms with Crippen LogP contribution in [0.15, 0.2) is 48.2 Å². The summed E-state index contributed by atoms with van der Waals surface area (Å²) in [6.07, 6.45) is 1.83. The van der Waals surface area contributed by atoms with Gasteiger partial charge >= 0.3 is 5.91 Å². The Morgan fingerprint density at radius 2 is 1.82 bits per heavy atom. The van der Waals surface area contributed by atoms with Crippen LogP contribution in [0.4, 0.5) is 5.13 Å². The molecule has 1 aliphatic rings. The van der Waals surface area contributed by atoms with Crippen LogP contribution in [-0.4, -0.2) is 36.4 Å². The summed E-state index contributed by atoms with van der Waals surface area (Å²) in [5.74, 6) is -1.93. The Kier molecular flexibility index (Phi) is 5.02. The summed E-state index contributed by atoms with van der Waals surface area (Å²) in [4.78, 5) is 32.2. The second-order valence-electron chi connectivity index (χ2n) is 7.75. The molecule has 1 saturated heterocycles. The van der Waals surface area contributed by atoms with Gasteiger partial charge in [-0.1, -0.05) is 41.1 Å². The summed E-state index contributed by atoms with van der Waals surface area (Å²) in [5, 5.41) is 20.9. The molecule has 166 valence electrons. The van der Waals surface area contributed by atoms with Gasteiger partial charge in [-0.25, -0.2) is 4.98 Å². The number of aliphatic hydroxyl groups is 1. The number of hydrogen-bond donors (Lipinski definition) is 1. The van der Waals surface area contributed by atoms with Crippen molar-refractivity contribution < 1.29 is 14.7 Å². The Hall–Kier alpha value is -3.56. The number of ketones is 1. The fourth-order valence-corrected chi connectivity index (χ4v) is 4.89. The largest absolute Gasteiger partial charge is 0.505 e. The van der Waals surface area contributed by atoms with Crippen LogP contribution in [0.5, 0.6) is 0 Å². The summed E-state index contributed by atoms with van der Waals surface area (Å²) in [6.45, 7) is 5.48. The first kappa shape index (κ1) is 21.3. The number of aliphatic hydroxyl groups excluding tert-OH is 1. The number of carbonyl (C=O) groups is 2. The van der Waals surface area contributed by atoms with Crippen molar-refractivity contribution >= 4 is 51.2 Å². The molecule has 33 heavy (non-hydrogen) atoms. The van der Waals surface area contributed by atoms with Crippen molar-refractivity contribution in [1.82, 2.24) is 19.6 Å². The predicted molar refractivity (Wildman–Crippen MR) is 126 cm³/mol. The van der Waals surface area contributed by atoms with Crippen LogP contribution < -0.4 is 4.90 Å². The fraction of sp³-hybridized carbons (Fsp3) is 0.174. The molecule has 0 bridgehead atoms. The number of halogens is 1. The minimum atomic E-state index is -0.903. The van der Waals surface area contributed by atoms with Gasteiger partial charge in [0.2, 0.25) is 5.13 Å². The standard InChI is InChI=1S/C23H18ClN5O3S/c1-11-5-4-10-28-12(2)17(25-21(11)28)19(30)16-18(14-6-8-15(24)9-7-14)29(22(32)20(16)31)23-27-26-13(3)33-23/h4-10,18,30H,1-3H3/b19-16+. The molecule has 1 unspecified atom stereocenters. The highest BCUT2D eigenvalue weighted by molar-refractivity contribution is 7.15. The predicted octanol–water partition coefficient (Wildman–Crippen LogP) is 4.39. The van der Waals surface area contributed by atoms with Gasteiger partial charge in [-0.3, -0.25) is 14.5 Å². The number of pyridine rings is 1. The van der Waals surface area contributed by atoms with E-state index < -0.39 is 17.7 Å². The van der Waals surface area contributed by atoms with Crippen LogP contribution in [0.2, 0.25) is 5.02 Å². The number of amides is 1. The number of Topliss-reactive ketones (excluding diaryl/α,β-unsaturated/α-hetero) is 1. The van der Waals surface area contributed by atoms with Gasteiger partial charge in [-0.05, 0) is 50.1 Å². The van der Waals surface area contributed by atoms with Gasteiger partial charge in [-0.2, -0.15) is 0 Å². The average Bonchev–Trinajstić information content (AvgIpc) is 3.44. The summed E-state index contributed by atoms with van der Waals surface area (Å²) in [6, 6.07) is 9.66. The molecular weight excluding hydrogens is 462 g/mol. The number of hydrogen-bond acceptors (Lipinski definition) is 7. The Morgan fingerprint density at radius 3 is 2.45 bits per heavy atom. The molecule has 10 heteroatoms. The number of aromatic nitrogens is 4. The molecule has 0 spiro atoms. The molecule has 1 aromatic carbocycles. The van der Waals surface area contributed by atoms with E-state index >= 15 is 0 Å². The summed E-state index contributed by atoms with van der Waals surface area (Å²) >= 11 is 7.26. The van der Waals surface area contributed by atoms with E-state index in [0.717, 1.165) is 5.56 Å². The minimum Gasteiger partial charge on any atom is -0.505 e. The molecule has 0 radical (unpaired) electrons. The topological polar surface area (TPSA) is 101 Å². The molecule has 5 rings (SSSR count). The monoisotopic (exact) mass is 479 g/mol. The van der Waals surface area contributed by atoms with Crippen LogP contribution in [0, 0.1) is 20.8 Å². The molecular formula is C23H18ClN5O3S. The quantitative estimate of drug-likeness (QED) is 0.266. The number of rotatable bonds is 3. The van der Waals surface area contributed by atoms with E-state index in [2.05, 4.69) is 15.2 Å².